The van der Waals surface area contributed by atoms with Crippen molar-refractivity contribution in [3.63, 3.8) is 0 Å². The third kappa shape index (κ3) is 4.05. The van der Waals surface area contributed by atoms with Crippen LogP contribution in [0.15, 0.2) is 48.5 Å². The number of benzene rings is 2. The van der Waals surface area contributed by atoms with E-state index in [2.05, 4.69) is 27.9 Å². The monoisotopic (exact) mass is 380 g/mol. The minimum atomic E-state index is -0.277. The van der Waals surface area contributed by atoms with E-state index < -0.39 is 0 Å². The Kier molecular flexibility index (Phi) is 5.14. The summed E-state index contributed by atoms with van der Waals surface area (Å²) in [6.45, 7) is 2.04. The zero-order valence-electron chi connectivity index (χ0n) is 11.3. The Labute approximate surface area is 132 Å². The number of aryl methyl sites for hydroxylation is 1. The van der Waals surface area contributed by atoms with Gasteiger partial charge in [-0.1, -0.05) is 36.4 Å². The molecular weight excluding hydrogens is 363 g/mol. The fraction of sp³-hybridized carbons (Fsp3) is 0.188. The predicted molar refractivity (Wildman–Crippen MR) is 90.5 cm³/mol. The Hall–Kier alpha value is -1.40. The molecule has 1 atom stereocenters. The molecule has 0 saturated carbocycles. The van der Waals surface area contributed by atoms with Crippen LogP contribution in [0.2, 0.25) is 0 Å². The molecule has 104 valence electrons. The van der Waals surface area contributed by atoms with Crippen molar-refractivity contribution in [3.8, 4) is 0 Å². The minimum absolute atomic E-state index is 0.0685. The largest absolute Gasteiger partial charge is 0.326 e. The van der Waals surface area contributed by atoms with Gasteiger partial charge in [0.1, 0.15) is 0 Å². The van der Waals surface area contributed by atoms with E-state index in [-0.39, 0.29) is 18.4 Å². The van der Waals surface area contributed by atoms with E-state index in [4.69, 9.17) is 5.73 Å². The van der Waals surface area contributed by atoms with Crippen LogP contribution in [-0.2, 0) is 4.79 Å². The van der Waals surface area contributed by atoms with Gasteiger partial charge in [-0.3, -0.25) is 4.79 Å². The number of amides is 1. The second kappa shape index (κ2) is 6.85. The third-order valence-electron chi connectivity index (χ3n) is 3.09. The molecule has 0 aliphatic carbocycles. The normalized spacial score (nSPS) is 11.9. The molecule has 0 spiro atoms. The second-order valence-corrected chi connectivity index (χ2v) is 5.90. The lowest BCUT2D eigenvalue weighted by Gasteiger charge is -2.12. The van der Waals surface area contributed by atoms with Crippen molar-refractivity contribution in [2.24, 2.45) is 5.73 Å². The van der Waals surface area contributed by atoms with Gasteiger partial charge in [0, 0.05) is 21.7 Å². The van der Waals surface area contributed by atoms with Gasteiger partial charge in [-0.25, -0.2) is 0 Å². The molecule has 2 rings (SSSR count). The van der Waals surface area contributed by atoms with Gasteiger partial charge in [0.25, 0.3) is 0 Å². The molecular formula is C16H17IN2O. The molecule has 0 radical (unpaired) electrons. The van der Waals surface area contributed by atoms with Crippen LogP contribution in [0.1, 0.15) is 23.6 Å². The van der Waals surface area contributed by atoms with Gasteiger partial charge in [-0.2, -0.15) is 0 Å². The van der Waals surface area contributed by atoms with Crippen molar-refractivity contribution in [3.05, 3.63) is 63.2 Å². The van der Waals surface area contributed by atoms with E-state index in [1.807, 2.05) is 55.5 Å². The highest BCUT2D eigenvalue weighted by Gasteiger charge is 2.11. The van der Waals surface area contributed by atoms with Crippen molar-refractivity contribution < 1.29 is 4.79 Å². The number of hydrogen-bond acceptors (Lipinski definition) is 2. The molecule has 1 amide bonds. The first-order valence-corrected chi connectivity index (χ1v) is 7.50. The summed E-state index contributed by atoms with van der Waals surface area (Å²) >= 11 is 2.26. The minimum Gasteiger partial charge on any atom is -0.326 e. The first-order chi connectivity index (χ1) is 9.56. The zero-order valence-corrected chi connectivity index (χ0v) is 13.4. The average molecular weight is 380 g/mol. The lowest BCUT2D eigenvalue weighted by Crippen LogP contribution is -2.20. The number of nitrogens with two attached hydrogens (primary N) is 1. The first kappa shape index (κ1) is 15.0. The molecule has 1 unspecified atom stereocenters. The number of halogens is 1. The summed E-state index contributed by atoms with van der Waals surface area (Å²) in [5.41, 5.74) is 9.02. The zero-order chi connectivity index (χ0) is 14.5. The standard InChI is InChI=1S/C16H17IN2O/c1-11-7-8-13(9-14(11)17)19-16(20)10-15(18)12-5-3-2-4-6-12/h2-9,15H,10,18H2,1H3,(H,19,20). The van der Waals surface area contributed by atoms with Crippen molar-refractivity contribution in [1.29, 1.82) is 0 Å². The van der Waals surface area contributed by atoms with Crippen LogP contribution < -0.4 is 11.1 Å². The van der Waals surface area contributed by atoms with Gasteiger partial charge in [0.05, 0.1) is 0 Å². The Morgan fingerprint density at radius 2 is 1.95 bits per heavy atom. The van der Waals surface area contributed by atoms with Crippen molar-refractivity contribution in [2.75, 3.05) is 5.32 Å². The van der Waals surface area contributed by atoms with Gasteiger partial charge in [0.2, 0.25) is 5.91 Å². The summed E-state index contributed by atoms with van der Waals surface area (Å²) in [7, 11) is 0. The van der Waals surface area contributed by atoms with Gasteiger partial charge < -0.3 is 11.1 Å². The molecule has 2 aromatic rings. The molecule has 3 N–H and O–H groups in total. The van der Waals surface area contributed by atoms with Gasteiger partial charge >= 0.3 is 0 Å². The second-order valence-electron chi connectivity index (χ2n) is 4.73. The van der Waals surface area contributed by atoms with E-state index in [9.17, 15) is 4.79 Å². The van der Waals surface area contributed by atoms with Crippen LogP contribution >= 0.6 is 22.6 Å². The molecule has 0 saturated heterocycles. The molecule has 0 bridgehead atoms. The molecule has 0 heterocycles. The van der Waals surface area contributed by atoms with Gasteiger partial charge in [-0.05, 0) is 52.8 Å². The number of carbonyl (C=O) groups is 1. The van der Waals surface area contributed by atoms with Crippen molar-refractivity contribution in [1.82, 2.24) is 0 Å². The highest BCUT2D eigenvalue weighted by molar-refractivity contribution is 14.1. The molecule has 4 heteroatoms. The van der Waals surface area contributed by atoms with Crippen LogP contribution in [0.3, 0.4) is 0 Å². The maximum atomic E-state index is 12.0. The van der Waals surface area contributed by atoms with Crippen LogP contribution in [-0.4, -0.2) is 5.91 Å². The predicted octanol–water partition coefficient (Wildman–Crippen LogP) is 3.63. The summed E-state index contributed by atoms with van der Waals surface area (Å²) in [4.78, 5) is 12.0. The average Bonchev–Trinajstić information content (AvgIpc) is 2.44. The lowest BCUT2D eigenvalue weighted by molar-refractivity contribution is -0.116. The van der Waals surface area contributed by atoms with E-state index in [0.717, 1.165) is 14.8 Å². The summed E-state index contributed by atoms with van der Waals surface area (Å²) in [6.07, 6.45) is 0.272. The van der Waals surface area contributed by atoms with Crippen LogP contribution in [0, 0.1) is 10.5 Å². The quantitative estimate of drug-likeness (QED) is 0.796. The smallest absolute Gasteiger partial charge is 0.226 e. The maximum Gasteiger partial charge on any atom is 0.226 e. The summed E-state index contributed by atoms with van der Waals surface area (Å²) in [5.74, 6) is -0.0685. The van der Waals surface area contributed by atoms with Gasteiger partial charge in [-0.15, -0.1) is 0 Å². The number of rotatable bonds is 4. The SMILES string of the molecule is Cc1ccc(NC(=O)CC(N)c2ccccc2)cc1I. The number of anilines is 1. The molecule has 0 aliphatic rings. The molecule has 2 aromatic carbocycles. The molecule has 20 heavy (non-hydrogen) atoms. The van der Waals surface area contributed by atoms with Crippen LogP contribution in [0.4, 0.5) is 5.69 Å². The Bertz CT molecular complexity index is 599. The summed E-state index contributed by atoms with van der Waals surface area (Å²) in [5, 5.41) is 2.89. The summed E-state index contributed by atoms with van der Waals surface area (Å²) < 4.78 is 1.13. The Morgan fingerprint density at radius 3 is 2.60 bits per heavy atom. The molecule has 0 aliphatic heterocycles. The highest BCUT2D eigenvalue weighted by Crippen LogP contribution is 2.19. The van der Waals surface area contributed by atoms with Crippen LogP contribution in [0.5, 0.6) is 0 Å². The Balaban J connectivity index is 1.97. The number of carbonyl (C=O) groups excluding carboxylic acids is 1. The highest BCUT2D eigenvalue weighted by atomic mass is 127. The molecule has 0 aromatic heterocycles. The first-order valence-electron chi connectivity index (χ1n) is 6.43. The van der Waals surface area contributed by atoms with Crippen molar-refractivity contribution in [2.45, 2.75) is 19.4 Å². The van der Waals surface area contributed by atoms with E-state index in [1.165, 1.54) is 5.56 Å². The molecule has 3 nitrogen and oxygen atoms in total. The van der Waals surface area contributed by atoms with Gasteiger partial charge in [0.15, 0.2) is 0 Å². The maximum absolute atomic E-state index is 12.0. The number of nitrogens with one attached hydrogen (secondary N) is 1. The van der Waals surface area contributed by atoms with E-state index in [0.29, 0.717) is 0 Å². The summed E-state index contributed by atoms with van der Waals surface area (Å²) in [6, 6.07) is 15.2. The topological polar surface area (TPSA) is 55.1 Å². The fourth-order valence-electron chi connectivity index (χ4n) is 1.90. The number of hydrogen-bond donors (Lipinski definition) is 2. The van der Waals surface area contributed by atoms with E-state index >= 15 is 0 Å². The molecule has 0 fully saturated rings. The fourth-order valence-corrected chi connectivity index (χ4v) is 2.42. The van der Waals surface area contributed by atoms with Crippen LogP contribution in [0.25, 0.3) is 0 Å². The van der Waals surface area contributed by atoms with Crippen molar-refractivity contribution >= 4 is 34.2 Å². The lowest BCUT2D eigenvalue weighted by atomic mass is 10.0. The third-order valence-corrected chi connectivity index (χ3v) is 4.25. The Morgan fingerprint density at radius 1 is 1.25 bits per heavy atom. The van der Waals surface area contributed by atoms with E-state index in [1.54, 1.807) is 0 Å².